The van der Waals surface area contributed by atoms with E-state index in [1.54, 1.807) is 38.5 Å². The monoisotopic (exact) mass is 527 g/mol. The molecule has 0 aliphatic carbocycles. The summed E-state index contributed by atoms with van der Waals surface area (Å²) < 4.78 is 22.4. The number of aromatic nitrogens is 1. The van der Waals surface area contributed by atoms with Crippen LogP contribution in [0.5, 0.6) is 11.5 Å². The number of amides is 1. The van der Waals surface area contributed by atoms with E-state index in [0.717, 1.165) is 30.8 Å². The highest BCUT2D eigenvalue weighted by atomic mass is 35.5. The molecular formula is C28H34ClN3O5. The third-order valence-electron chi connectivity index (χ3n) is 6.52. The molecule has 1 fully saturated rings. The number of H-pyrrole nitrogens is 1. The lowest BCUT2D eigenvalue weighted by Gasteiger charge is -2.27. The Morgan fingerprint density at radius 1 is 1.00 bits per heavy atom. The molecule has 2 aromatic carbocycles. The number of hydrogen-bond donors (Lipinski definition) is 1. The molecule has 37 heavy (non-hydrogen) atoms. The van der Waals surface area contributed by atoms with Crippen molar-refractivity contribution in [1.29, 1.82) is 0 Å². The van der Waals surface area contributed by atoms with Gasteiger partial charge in [0.15, 0.2) is 17.8 Å². The van der Waals surface area contributed by atoms with E-state index in [4.69, 9.17) is 30.5 Å². The molecule has 2 heterocycles. The van der Waals surface area contributed by atoms with E-state index in [2.05, 4.69) is 9.88 Å². The Kier molecular flexibility index (Phi) is 9.46. The van der Waals surface area contributed by atoms with Gasteiger partial charge in [0.05, 0.1) is 13.7 Å². The third-order valence-corrected chi connectivity index (χ3v) is 6.77. The number of halogens is 1. The maximum Gasteiger partial charge on any atom is 0.274 e. The fourth-order valence-electron chi connectivity index (χ4n) is 4.41. The van der Waals surface area contributed by atoms with Crippen molar-refractivity contribution < 1.29 is 23.7 Å². The van der Waals surface area contributed by atoms with Crippen LogP contribution >= 0.6 is 11.6 Å². The minimum absolute atomic E-state index is 0.180. The lowest BCUT2D eigenvalue weighted by Crippen LogP contribution is -2.39. The summed E-state index contributed by atoms with van der Waals surface area (Å²) in [5.41, 5.74) is 2.90. The van der Waals surface area contributed by atoms with Crippen molar-refractivity contribution in [2.24, 2.45) is 0 Å². The van der Waals surface area contributed by atoms with Crippen LogP contribution in [-0.2, 0) is 9.47 Å². The average molecular weight is 528 g/mol. The zero-order valence-electron chi connectivity index (χ0n) is 21.5. The van der Waals surface area contributed by atoms with Gasteiger partial charge in [-0.1, -0.05) is 23.7 Å². The van der Waals surface area contributed by atoms with Gasteiger partial charge in [-0.05, 0) is 67.4 Å². The lowest BCUT2D eigenvalue weighted by atomic mass is 10.1. The van der Waals surface area contributed by atoms with E-state index in [-0.39, 0.29) is 12.5 Å². The second-order valence-electron chi connectivity index (χ2n) is 8.86. The molecule has 4 rings (SSSR count). The van der Waals surface area contributed by atoms with Crippen LogP contribution in [0.15, 0.2) is 54.7 Å². The number of ether oxygens (including phenoxy) is 4. The molecule has 1 saturated heterocycles. The minimum atomic E-state index is -0.614. The van der Waals surface area contributed by atoms with Gasteiger partial charge in [-0.15, -0.1) is 0 Å². The molecule has 0 saturated carbocycles. The summed E-state index contributed by atoms with van der Waals surface area (Å²) >= 11 is 6.02. The molecule has 1 amide bonds. The Bertz CT molecular complexity index is 1160. The molecule has 0 spiro atoms. The summed E-state index contributed by atoms with van der Waals surface area (Å²) in [6.07, 6.45) is 3.68. The molecule has 8 nitrogen and oxygen atoms in total. The zero-order valence-corrected chi connectivity index (χ0v) is 22.3. The van der Waals surface area contributed by atoms with Crippen molar-refractivity contribution in [2.45, 2.75) is 19.1 Å². The number of nitrogens with zero attached hydrogens (tertiary/aromatic N) is 2. The molecule has 0 unspecified atom stereocenters. The van der Waals surface area contributed by atoms with Crippen molar-refractivity contribution in [2.75, 3.05) is 59.0 Å². The van der Waals surface area contributed by atoms with Crippen molar-refractivity contribution in [3.63, 3.8) is 0 Å². The van der Waals surface area contributed by atoms with Gasteiger partial charge in [-0.25, -0.2) is 0 Å². The van der Waals surface area contributed by atoms with E-state index >= 15 is 0 Å². The summed E-state index contributed by atoms with van der Waals surface area (Å²) in [5.74, 6) is 0.957. The second kappa shape index (κ2) is 13.0. The largest absolute Gasteiger partial charge is 0.493 e. The minimum Gasteiger partial charge on any atom is -0.493 e. The van der Waals surface area contributed by atoms with Crippen molar-refractivity contribution >= 4 is 23.2 Å². The number of likely N-dealkylation sites (tertiary alicyclic amines) is 1. The molecule has 0 bridgehead atoms. The maximum absolute atomic E-state index is 13.7. The number of rotatable bonds is 12. The quantitative estimate of drug-likeness (QED) is 0.331. The van der Waals surface area contributed by atoms with E-state index in [0.29, 0.717) is 34.5 Å². The predicted octanol–water partition coefficient (Wildman–Crippen LogP) is 5.08. The van der Waals surface area contributed by atoms with Crippen LogP contribution in [0, 0.1) is 0 Å². The number of carbonyl (C=O) groups is 1. The van der Waals surface area contributed by atoms with Gasteiger partial charge in [0.1, 0.15) is 12.3 Å². The van der Waals surface area contributed by atoms with Crippen molar-refractivity contribution in [3.8, 4) is 22.6 Å². The second-order valence-corrected chi connectivity index (χ2v) is 9.29. The molecule has 1 aliphatic heterocycles. The van der Waals surface area contributed by atoms with E-state index in [1.807, 2.05) is 42.5 Å². The number of carbonyl (C=O) groups excluding carboxylic acids is 1. The topological polar surface area (TPSA) is 76.3 Å². The Balaban J connectivity index is 1.55. The van der Waals surface area contributed by atoms with Gasteiger partial charge in [0.2, 0.25) is 0 Å². The van der Waals surface area contributed by atoms with Crippen LogP contribution in [0.4, 0.5) is 5.69 Å². The number of aromatic amines is 1. The molecule has 1 aliphatic rings. The maximum atomic E-state index is 13.7. The summed E-state index contributed by atoms with van der Waals surface area (Å²) in [5, 5.41) is 0.657. The lowest BCUT2D eigenvalue weighted by molar-refractivity contribution is -0.0942. The van der Waals surface area contributed by atoms with E-state index in [1.165, 1.54) is 12.8 Å². The van der Waals surface area contributed by atoms with Gasteiger partial charge in [0.25, 0.3) is 5.91 Å². The number of anilines is 1. The first-order chi connectivity index (χ1) is 18.0. The average Bonchev–Trinajstić information content (AvgIpc) is 3.63. The Labute approximate surface area is 223 Å². The zero-order chi connectivity index (χ0) is 26.2. The third kappa shape index (κ3) is 6.84. The fraction of sp³-hybridized carbons (Fsp3) is 0.393. The summed E-state index contributed by atoms with van der Waals surface area (Å²) in [7, 11) is 4.68. The first-order valence-electron chi connectivity index (χ1n) is 12.4. The Morgan fingerprint density at radius 3 is 2.41 bits per heavy atom. The number of benzene rings is 2. The first kappa shape index (κ1) is 27.0. The van der Waals surface area contributed by atoms with E-state index < -0.39 is 6.29 Å². The standard InChI is InChI=1S/C28H34ClN3O5/c1-34-26-17-23(10-11-25(26)37-15-14-31-12-4-5-13-31)32(19-27(35-2)36-3)28(33)24-16-21(18-30-24)20-6-8-22(29)9-7-20/h6-11,16-18,27,30H,4-5,12-15,19H2,1-3H3. The first-order valence-corrected chi connectivity index (χ1v) is 12.7. The number of methoxy groups -OCH3 is 3. The van der Waals surface area contributed by atoms with Crippen LogP contribution < -0.4 is 14.4 Å². The normalized spacial score (nSPS) is 13.8. The molecule has 1 aromatic heterocycles. The molecule has 0 atom stereocenters. The van der Waals surface area contributed by atoms with Crippen LogP contribution in [-0.4, -0.2) is 76.2 Å². The highest BCUT2D eigenvalue weighted by Crippen LogP contribution is 2.33. The number of nitrogens with one attached hydrogen (secondary N) is 1. The smallest absolute Gasteiger partial charge is 0.274 e. The van der Waals surface area contributed by atoms with Gasteiger partial charge < -0.3 is 28.8 Å². The van der Waals surface area contributed by atoms with Crippen LogP contribution in [0.3, 0.4) is 0 Å². The van der Waals surface area contributed by atoms with Gasteiger partial charge in [-0.3, -0.25) is 9.69 Å². The Morgan fingerprint density at radius 2 is 1.73 bits per heavy atom. The van der Waals surface area contributed by atoms with Crippen LogP contribution in [0.25, 0.3) is 11.1 Å². The number of hydrogen-bond acceptors (Lipinski definition) is 6. The van der Waals surface area contributed by atoms with Crippen LogP contribution in [0.1, 0.15) is 23.3 Å². The van der Waals surface area contributed by atoms with Crippen molar-refractivity contribution in [1.82, 2.24) is 9.88 Å². The Hall–Kier alpha value is -3.04. The molecule has 198 valence electrons. The summed E-state index contributed by atoms with van der Waals surface area (Å²) in [6.45, 7) is 3.87. The summed E-state index contributed by atoms with van der Waals surface area (Å²) in [6, 6.07) is 14.8. The molecular weight excluding hydrogens is 494 g/mol. The molecule has 1 N–H and O–H groups in total. The highest BCUT2D eigenvalue weighted by Gasteiger charge is 2.25. The van der Waals surface area contributed by atoms with Gasteiger partial charge in [-0.2, -0.15) is 0 Å². The van der Waals surface area contributed by atoms with Crippen molar-refractivity contribution in [3.05, 3.63) is 65.4 Å². The fourth-order valence-corrected chi connectivity index (χ4v) is 4.53. The van der Waals surface area contributed by atoms with Gasteiger partial charge in [0, 0.05) is 43.7 Å². The molecule has 0 radical (unpaired) electrons. The summed E-state index contributed by atoms with van der Waals surface area (Å²) in [4.78, 5) is 20.8. The predicted molar refractivity (Wildman–Crippen MR) is 145 cm³/mol. The van der Waals surface area contributed by atoms with Gasteiger partial charge >= 0.3 is 0 Å². The van der Waals surface area contributed by atoms with Crippen LogP contribution in [0.2, 0.25) is 5.02 Å². The molecule has 9 heteroatoms. The molecule has 3 aromatic rings. The SMILES string of the molecule is COc1cc(N(CC(OC)OC)C(=O)c2cc(-c3ccc(Cl)cc3)c[nH]2)ccc1OCCN1CCCC1. The van der Waals surface area contributed by atoms with E-state index in [9.17, 15) is 4.79 Å². The highest BCUT2D eigenvalue weighted by molar-refractivity contribution is 6.30.